The average molecular weight is 1140 g/mol. The molecule has 1 unspecified atom stereocenters. The lowest BCUT2D eigenvalue weighted by Gasteiger charge is -2.18. The van der Waals surface area contributed by atoms with Gasteiger partial charge in [-0.3, -0.25) is 14.4 Å². The highest BCUT2D eigenvalue weighted by Crippen LogP contribution is 2.20. The van der Waals surface area contributed by atoms with Crippen molar-refractivity contribution in [1.82, 2.24) is 0 Å². The molecule has 0 radical (unpaired) electrons. The van der Waals surface area contributed by atoms with Crippen LogP contribution in [0.3, 0.4) is 0 Å². The van der Waals surface area contributed by atoms with Gasteiger partial charge in [0.2, 0.25) is 0 Å². The lowest BCUT2D eigenvalue weighted by atomic mass is 10.0. The summed E-state index contributed by atoms with van der Waals surface area (Å²) in [6.07, 6.45) is 85.1. The summed E-state index contributed by atoms with van der Waals surface area (Å²) < 4.78 is 16.9. The number of ether oxygens (including phenoxy) is 3. The van der Waals surface area contributed by atoms with Gasteiger partial charge in [-0.05, 0) is 19.3 Å². The van der Waals surface area contributed by atoms with Crippen molar-refractivity contribution < 1.29 is 28.6 Å². The van der Waals surface area contributed by atoms with Crippen molar-refractivity contribution in [2.75, 3.05) is 13.2 Å². The van der Waals surface area contributed by atoms with Crippen molar-refractivity contribution >= 4 is 17.9 Å². The molecule has 0 heterocycles. The van der Waals surface area contributed by atoms with Crippen LogP contribution in [0.1, 0.15) is 445 Å². The van der Waals surface area contributed by atoms with E-state index in [4.69, 9.17) is 14.2 Å². The Kier molecular flexibility index (Phi) is 69.5. The lowest BCUT2D eigenvalue weighted by Crippen LogP contribution is -2.30. The molecule has 0 aromatic rings. The van der Waals surface area contributed by atoms with Gasteiger partial charge in [-0.25, -0.2) is 0 Å². The highest BCUT2D eigenvalue weighted by molar-refractivity contribution is 5.71. The van der Waals surface area contributed by atoms with Gasteiger partial charge in [-0.2, -0.15) is 0 Å². The van der Waals surface area contributed by atoms with Crippen molar-refractivity contribution in [3.63, 3.8) is 0 Å². The van der Waals surface area contributed by atoms with Gasteiger partial charge in [-0.15, -0.1) is 0 Å². The third-order valence-corrected chi connectivity index (χ3v) is 17.6. The molecule has 6 nitrogen and oxygen atoms in total. The Morgan fingerprint density at radius 2 is 0.333 bits per heavy atom. The summed E-state index contributed by atoms with van der Waals surface area (Å²) >= 11 is 0. The minimum Gasteiger partial charge on any atom is -0.462 e. The van der Waals surface area contributed by atoms with Gasteiger partial charge in [0.1, 0.15) is 13.2 Å². The van der Waals surface area contributed by atoms with Crippen molar-refractivity contribution in [2.24, 2.45) is 0 Å². The fourth-order valence-corrected chi connectivity index (χ4v) is 12.0. The van der Waals surface area contributed by atoms with E-state index < -0.39 is 6.10 Å². The maximum atomic E-state index is 12.9. The van der Waals surface area contributed by atoms with Crippen LogP contribution >= 0.6 is 0 Å². The molecule has 0 aliphatic rings. The molecule has 0 amide bonds. The van der Waals surface area contributed by atoms with Crippen LogP contribution in [0, 0.1) is 0 Å². The van der Waals surface area contributed by atoms with Gasteiger partial charge in [0.05, 0.1) is 0 Å². The van der Waals surface area contributed by atoms with Crippen LogP contribution in [0.15, 0.2) is 0 Å². The van der Waals surface area contributed by atoms with E-state index in [1.54, 1.807) is 0 Å². The number of esters is 3. The molecule has 1 atom stereocenters. The van der Waals surface area contributed by atoms with Crippen molar-refractivity contribution in [3.05, 3.63) is 0 Å². The van der Waals surface area contributed by atoms with E-state index in [-0.39, 0.29) is 31.1 Å². The zero-order valence-electron chi connectivity index (χ0n) is 55.6. The second-order valence-corrected chi connectivity index (χ2v) is 25.9. The van der Waals surface area contributed by atoms with Crippen LogP contribution in [0.5, 0.6) is 0 Å². The minimum absolute atomic E-state index is 0.0620. The van der Waals surface area contributed by atoms with Crippen LogP contribution in [0.25, 0.3) is 0 Å². The van der Waals surface area contributed by atoms with E-state index in [0.29, 0.717) is 19.3 Å². The molecule has 0 rings (SSSR count). The maximum Gasteiger partial charge on any atom is 0.306 e. The molecule has 482 valence electrons. The maximum absolute atomic E-state index is 12.9. The number of rotatable bonds is 71. The number of unbranched alkanes of at least 4 members (excludes halogenated alkanes) is 60. The average Bonchev–Trinajstić information content (AvgIpc) is 3.47. The van der Waals surface area contributed by atoms with E-state index in [0.717, 1.165) is 64.2 Å². The third-order valence-electron chi connectivity index (χ3n) is 17.6. The predicted molar refractivity (Wildman–Crippen MR) is 354 cm³/mol. The predicted octanol–water partition coefficient (Wildman–Crippen LogP) is 25.8. The first-order valence-corrected chi connectivity index (χ1v) is 37.5. The fourth-order valence-electron chi connectivity index (χ4n) is 12.0. The molecule has 81 heavy (non-hydrogen) atoms. The Morgan fingerprint density at radius 3 is 0.494 bits per heavy atom. The molecule has 0 aromatic carbocycles. The number of carbonyl (C=O) groups is 3. The zero-order valence-corrected chi connectivity index (χ0v) is 55.6. The van der Waals surface area contributed by atoms with Crippen LogP contribution in [-0.2, 0) is 28.6 Å². The highest BCUT2D eigenvalue weighted by atomic mass is 16.6. The Balaban J connectivity index is 3.85. The summed E-state index contributed by atoms with van der Waals surface area (Å²) in [5.74, 6) is -0.840. The van der Waals surface area contributed by atoms with Gasteiger partial charge in [0.25, 0.3) is 0 Å². The topological polar surface area (TPSA) is 78.9 Å². The third kappa shape index (κ3) is 69.1. The standard InChI is InChI=1S/C75H146O6/c1-4-7-10-13-15-17-19-21-23-25-27-29-31-33-35-36-37-38-40-41-43-45-47-49-51-53-55-57-59-62-65-68-74(77)80-71-72(70-79-73(76)67-64-61-12-9-6-3)81-75(78)69-66-63-60-58-56-54-52-50-48-46-44-42-39-34-32-30-28-26-24-22-20-18-16-14-11-8-5-2/h72H,4-71H2,1-3H3. The van der Waals surface area contributed by atoms with Crippen LogP contribution < -0.4 is 0 Å². The molecule has 0 fully saturated rings. The first-order chi connectivity index (χ1) is 40.0. The van der Waals surface area contributed by atoms with Crippen molar-refractivity contribution in [1.29, 1.82) is 0 Å². The summed E-state index contributed by atoms with van der Waals surface area (Å²) in [5, 5.41) is 0. The summed E-state index contributed by atoms with van der Waals surface area (Å²) in [6, 6.07) is 0. The number of carbonyl (C=O) groups excluding carboxylic acids is 3. The van der Waals surface area contributed by atoms with Gasteiger partial charge in [0.15, 0.2) is 6.10 Å². The molecule has 6 heteroatoms. The van der Waals surface area contributed by atoms with Crippen molar-refractivity contribution in [3.8, 4) is 0 Å². The van der Waals surface area contributed by atoms with Gasteiger partial charge >= 0.3 is 17.9 Å². The van der Waals surface area contributed by atoms with Gasteiger partial charge in [-0.1, -0.05) is 406 Å². The Morgan fingerprint density at radius 1 is 0.198 bits per heavy atom. The molecular weight excluding hydrogens is 997 g/mol. The second kappa shape index (κ2) is 70.9. The molecule has 0 aromatic heterocycles. The van der Waals surface area contributed by atoms with Gasteiger partial charge in [0, 0.05) is 19.3 Å². The molecular formula is C75H146O6. The van der Waals surface area contributed by atoms with Crippen molar-refractivity contribution in [2.45, 2.75) is 451 Å². The number of hydrogen-bond donors (Lipinski definition) is 0. The minimum atomic E-state index is -0.761. The van der Waals surface area contributed by atoms with E-state index in [1.165, 1.54) is 340 Å². The number of hydrogen-bond acceptors (Lipinski definition) is 6. The molecule has 0 spiro atoms. The molecule has 0 saturated carbocycles. The summed E-state index contributed by atoms with van der Waals surface area (Å²) in [7, 11) is 0. The van der Waals surface area contributed by atoms with E-state index >= 15 is 0 Å². The van der Waals surface area contributed by atoms with Gasteiger partial charge < -0.3 is 14.2 Å². The normalized spacial score (nSPS) is 11.9. The van der Waals surface area contributed by atoms with E-state index in [2.05, 4.69) is 20.8 Å². The highest BCUT2D eigenvalue weighted by Gasteiger charge is 2.20. The molecule has 0 aliphatic heterocycles. The van der Waals surface area contributed by atoms with Crippen LogP contribution in [0.4, 0.5) is 0 Å². The monoisotopic (exact) mass is 1140 g/mol. The second-order valence-electron chi connectivity index (χ2n) is 25.9. The molecule has 0 N–H and O–H groups in total. The van der Waals surface area contributed by atoms with Crippen LogP contribution in [-0.4, -0.2) is 37.2 Å². The summed E-state index contributed by atoms with van der Waals surface area (Å²) in [6.45, 7) is 6.66. The Labute approximate surface area is 508 Å². The lowest BCUT2D eigenvalue weighted by molar-refractivity contribution is -0.167. The Bertz CT molecular complexity index is 1220. The first-order valence-electron chi connectivity index (χ1n) is 37.5. The molecule has 0 saturated heterocycles. The largest absolute Gasteiger partial charge is 0.462 e. The zero-order chi connectivity index (χ0) is 58.5. The fraction of sp³-hybridized carbons (Fsp3) is 0.960. The first kappa shape index (κ1) is 79.4. The smallest absolute Gasteiger partial charge is 0.306 e. The van der Waals surface area contributed by atoms with Crippen LogP contribution in [0.2, 0.25) is 0 Å². The van der Waals surface area contributed by atoms with E-state index in [1.807, 2.05) is 0 Å². The van der Waals surface area contributed by atoms with E-state index in [9.17, 15) is 14.4 Å². The SMILES string of the molecule is CCCCCCCCCCCCCCCCCCCCCCCCCCCCCCCCCC(=O)OCC(COC(=O)CCCCCCC)OC(=O)CCCCCCCCCCCCCCCCCCCCCCCCCCCCC. The summed E-state index contributed by atoms with van der Waals surface area (Å²) in [5.41, 5.74) is 0. The molecule has 0 aliphatic carbocycles. The molecule has 0 bridgehead atoms. The quantitative estimate of drug-likeness (QED) is 0.0343. The Hall–Kier alpha value is -1.59. The summed E-state index contributed by atoms with van der Waals surface area (Å²) in [4.78, 5) is 38.1.